The molecule has 0 spiro atoms. The molecule has 95 heavy (non-hydrogen) atoms. The highest BCUT2D eigenvalue weighted by atomic mass is 15.2. The third-order valence-corrected chi connectivity index (χ3v) is 21.4. The predicted octanol–water partition coefficient (Wildman–Crippen LogP) is 24.0. The maximum atomic E-state index is 2.70. The molecule has 2 nitrogen and oxygen atoms in total. The van der Waals surface area contributed by atoms with E-state index in [0.29, 0.717) is 0 Å². The van der Waals surface area contributed by atoms with Crippen molar-refractivity contribution >= 4 is 122 Å². The Bertz CT molecular complexity index is 5220. The van der Waals surface area contributed by atoms with E-state index in [4.69, 9.17) is 0 Å². The van der Waals surface area contributed by atoms with Crippen LogP contribution in [0.5, 0.6) is 0 Å². The van der Waals surface area contributed by atoms with E-state index in [9.17, 15) is 0 Å². The zero-order valence-electron chi connectivity index (χ0n) is 57.5. The van der Waals surface area contributed by atoms with Gasteiger partial charge in [-0.2, -0.15) is 0 Å². The van der Waals surface area contributed by atoms with Gasteiger partial charge in [0.2, 0.25) is 0 Å². The zero-order valence-corrected chi connectivity index (χ0v) is 57.5. The van der Waals surface area contributed by atoms with Crippen LogP contribution in [0.15, 0.2) is 237 Å². The van der Waals surface area contributed by atoms with Gasteiger partial charge in [0.15, 0.2) is 0 Å². The van der Waals surface area contributed by atoms with Crippen molar-refractivity contribution in [3.05, 3.63) is 270 Å². The first-order chi connectivity index (χ1) is 45.5. The number of benzene rings is 15. The van der Waals surface area contributed by atoms with E-state index in [1.54, 1.807) is 0 Å². The summed E-state index contributed by atoms with van der Waals surface area (Å²) < 4.78 is 0. The molecule has 0 saturated carbocycles. The van der Waals surface area contributed by atoms with Gasteiger partial charge in [0.1, 0.15) is 0 Å². The molecule has 2 aliphatic heterocycles. The minimum atomic E-state index is -0.171. The van der Waals surface area contributed by atoms with Gasteiger partial charge in [-0.3, -0.25) is 0 Å². The Hall–Kier alpha value is -9.96. The Morgan fingerprint density at radius 1 is 0.274 bits per heavy atom. The summed E-state index contributed by atoms with van der Waals surface area (Å²) in [5.41, 5.74) is 28.5. The molecule has 0 fully saturated rings. The summed E-state index contributed by atoms with van der Waals surface area (Å²) in [5, 5.41) is 15.9. The minimum Gasteiger partial charge on any atom is -0.311 e. The van der Waals surface area contributed by atoms with E-state index in [0.717, 1.165) is 11.4 Å². The van der Waals surface area contributed by atoms with Crippen LogP contribution in [0.2, 0.25) is 0 Å². The molecule has 462 valence electrons. The van der Waals surface area contributed by atoms with Gasteiger partial charge in [-0.1, -0.05) is 283 Å². The first kappa shape index (κ1) is 58.8. The highest BCUT2D eigenvalue weighted by Crippen LogP contribution is 2.55. The minimum absolute atomic E-state index is 0.0959. The summed E-state index contributed by atoms with van der Waals surface area (Å²) >= 11 is 0. The van der Waals surface area contributed by atoms with E-state index in [1.165, 1.54) is 182 Å². The van der Waals surface area contributed by atoms with Crippen LogP contribution in [0.3, 0.4) is 0 Å². The predicted molar refractivity (Wildman–Crippen MR) is 414 cm³/mol. The van der Waals surface area contributed by atoms with E-state index in [-0.39, 0.29) is 28.4 Å². The summed E-state index contributed by atoms with van der Waals surface area (Å²) in [6.45, 7) is 33.2. The summed E-state index contributed by atoms with van der Waals surface area (Å²) in [4.78, 5) is 5.39. The molecule has 17 rings (SSSR count). The number of nitrogens with zero attached hydrogens (tertiary/aromatic N) is 2. The molecule has 0 amide bonds. The quantitative estimate of drug-likeness (QED) is 0.121. The SMILES string of the molecule is Cc1cc(-c2ccccc2)cc(C)c1-c1cc2c3c(c1)N(c1ccc(-c4ccccc4)cc1)c1c(cc4ccc5c(C(C)(C)C)cc(C(C)(C)C)c6ccc1c4c56)B3c1cc3ccc4c(C(C)(C)C)cc(C(C)(C)C)c5ccc(c1N2c1ccc(-c2ccccc2)cc1)c3c45. The third-order valence-electron chi connectivity index (χ3n) is 21.4. The summed E-state index contributed by atoms with van der Waals surface area (Å²) in [6.07, 6.45) is 0. The zero-order chi connectivity index (χ0) is 65.5. The van der Waals surface area contributed by atoms with Gasteiger partial charge in [-0.05, 0) is 220 Å². The average molecular weight is 1230 g/mol. The number of aryl methyl sites for hydroxylation is 2. The second-order valence-electron chi connectivity index (χ2n) is 31.8. The summed E-state index contributed by atoms with van der Waals surface area (Å²) in [6, 6.07) is 91.8. The highest BCUT2D eigenvalue weighted by molar-refractivity contribution is 7.01. The van der Waals surface area contributed by atoms with Gasteiger partial charge in [-0.25, -0.2) is 0 Å². The van der Waals surface area contributed by atoms with E-state index >= 15 is 0 Å². The molecule has 0 aromatic heterocycles. The Morgan fingerprint density at radius 3 is 0.937 bits per heavy atom. The van der Waals surface area contributed by atoms with Crippen LogP contribution in [0.25, 0.3) is 109 Å². The monoisotopic (exact) mass is 1220 g/mol. The first-order valence-electron chi connectivity index (χ1n) is 34.3. The Morgan fingerprint density at radius 2 is 0.589 bits per heavy atom. The van der Waals surface area contributed by atoms with Crippen molar-refractivity contribution < 1.29 is 0 Å². The molecular formula is C92H81BN2. The van der Waals surface area contributed by atoms with Crippen molar-refractivity contribution in [2.45, 2.75) is 119 Å². The highest BCUT2D eigenvalue weighted by Gasteiger charge is 2.46. The molecular weight excluding hydrogens is 1140 g/mol. The molecule has 15 aromatic carbocycles. The van der Waals surface area contributed by atoms with Gasteiger partial charge in [-0.15, -0.1) is 0 Å². The van der Waals surface area contributed by atoms with Crippen LogP contribution in [0.1, 0.15) is 116 Å². The van der Waals surface area contributed by atoms with Crippen LogP contribution in [0.4, 0.5) is 34.1 Å². The number of anilines is 6. The third kappa shape index (κ3) is 9.05. The van der Waals surface area contributed by atoms with Gasteiger partial charge >= 0.3 is 0 Å². The fourth-order valence-electron chi connectivity index (χ4n) is 17.2. The molecule has 15 aromatic rings. The van der Waals surface area contributed by atoms with E-state index < -0.39 is 0 Å². The molecule has 3 heteroatoms. The Kier molecular flexibility index (Phi) is 12.9. The van der Waals surface area contributed by atoms with Crippen molar-refractivity contribution in [2.24, 2.45) is 0 Å². The Balaban J connectivity index is 1.06. The van der Waals surface area contributed by atoms with Crippen molar-refractivity contribution in [3.8, 4) is 44.5 Å². The maximum absolute atomic E-state index is 2.70. The van der Waals surface area contributed by atoms with Crippen molar-refractivity contribution in [1.29, 1.82) is 0 Å². The normalized spacial score (nSPS) is 13.5. The summed E-state index contributed by atoms with van der Waals surface area (Å²) in [5.74, 6) is 0. The molecule has 0 N–H and O–H groups in total. The number of fused-ring (bicyclic) bond motifs is 6. The van der Waals surface area contributed by atoms with Crippen LogP contribution < -0.4 is 26.2 Å². The van der Waals surface area contributed by atoms with Gasteiger partial charge in [0.25, 0.3) is 6.71 Å². The fourth-order valence-corrected chi connectivity index (χ4v) is 17.2. The fraction of sp³-hybridized carbons (Fsp3) is 0.196. The van der Waals surface area contributed by atoms with Crippen LogP contribution in [0, 0.1) is 13.8 Å². The molecule has 2 heterocycles. The number of hydrogen-bond donors (Lipinski definition) is 0. The van der Waals surface area contributed by atoms with Crippen molar-refractivity contribution in [1.82, 2.24) is 0 Å². The maximum Gasteiger partial charge on any atom is 0.252 e. The van der Waals surface area contributed by atoms with Crippen LogP contribution >= 0.6 is 0 Å². The molecule has 0 aliphatic carbocycles. The molecule has 0 radical (unpaired) electrons. The lowest BCUT2D eigenvalue weighted by Crippen LogP contribution is -2.61. The van der Waals surface area contributed by atoms with Crippen LogP contribution in [-0.2, 0) is 21.7 Å². The van der Waals surface area contributed by atoms with Crippen molar-refractivity contribution in [3.63, 3.8) is 0 Å². The number of rotatable bonds is 6. The molecule has 2 aliphatic rings. The van der Waals surface area contributed by atoms with Crippen LogP contribution in [-0.4, -0.2) is 6.71 Å². The van der Waals surface area contributed by atoms with Gasteiger partial charge in [0.05, 0.1) is 0 Å². The second kappa shape index (κ2) is 20.8. The molecule has 0 unspecified atom stereocenters. The first-order valence-corrected chi connectivity index (χ1v) is 34.3. The lowest BCUT2D eigenvalue weighted by atomic mass is 9.33. The van der Waals surface area contributed by atoms with E-state index in [1.807, 2.05) is 0 Å². The molecule has 0 bridgehead atoms. The smallest absolute Gasteiger partial charge is 0.252 e. The standard InChI is InChI=1S/C92H81BN2/c1-54-46-63(58-28-22-17-23-29-58)47-55(2)81(54)64-50-79-86-80(51-64)95(66-38-32-60(33-39-66)57-26-20-16-21-27-57)88-72-45-43-70-76(92(12,13)14)53-74(90(6,7)8)68-41-35-62(83(72)85(68)70)49-78(88)93(86)77-48-61-34-40-67-73(89(3,4)5)52-75(91(9,10)11)69-42-44-71(82(61)84(67)69)87(77)94(79)65-36-30-59(31-37-65)56-24-18-15-19-25-56/h15-53H,1-14H3. The molecule has 0 atom stereocenters. The lowest BCUT2D eigenvalue weighted by molar-refractivity contribution is 0.575. The topological polar surface area (TPSA) is 6.48 Å². The Labute approximate surface area is 561 Å². The van der Waals surface area contributed by atoms with Gasteiger partial charge in [0, 0.05) is 44.9 Å². The van der Waals surface area contributed by atoms with E-state index in [2.05, 4.69) is 343 Å². The average Bonchev–Trinajstić information content (AvgIpc) is 0.677. The largest absolute Gasteiger partial charge is 0.311 e. The lowest BCUT2D eigenvalue weighted by Gasteiger charge is -2.45. The summed E-state index contributed by atoms with van der Waals surface area (Å²) in [7, 11) is 0. The van der Waals surface area contributed by atoms with Crippen molar-refractivity contribution in [2.75, 3.05) is 9.80 Å². The second-order valence-corrected chi connectivity index (χ2v) is 31.8. The number of hydrogen-bond acceptors (Lipinski definition) is 2. The van der Waals surface area contributed by atoms with Gasteiger partial charge < -0.3 is 9.80 Å². The molecule has 0 saturated heterocycles.